The quantitative estimate of drug-likeness (QED) is 0.842. The van der Waals surface area contributed by atoms with Crippen molar-refractivity contribution in [3.05, 3.63) is 30.3 Å². The van der Waals surface area contributed by atoms with Gasteiger partial charge < -0.3 is 10.0 Å². The van der Waals surface area contributed by atoms with Gasteiger partial charge in [0, 0.05) is 18.7 Å². The maximum Gasteiger partial charge on any atom is 0.304 e. The van der Waals surface area contributed by atoms with E-state index < -0.39 is 11.9 Å². The number of anilines is 1. The summed E-state index contributed by atoms with van der Waals surface area (Å²) in [6, 6.07) is 9.15. The van der Waals surface area contributed by atoms with Crippen LogP contribution in [0.3, 0.4) is 0 Å². The van der Waals surface area contributed by atoms with Gasteiger partial charge in [0.15, 0.2) is 0 Å². The number of carboxylic acid groups (broad SMARTS) is 1. The molecule has 4 nitrogen and oxygen atoms in total. The highest BCUT2D eigenvalue weighted by atomic mass is 16.4. The number of hydrogen-bond acceptors (Lipinski definition) is 2. The highest BCUT2D eigenvalue weighted by Crippen LogP contribution is 2.15. The van der Waals surface area contributed by atoms with Gasteiger partial charge in [0.05, 0.1) is 6.42 Å². The molecule has 0 saturated heterocycles. The molecule has 0 spiro atoms. The zero-order chi connectivity index (χ0) is 12.1. The fourth-order valence-corrected chi connectivity index (χ4v) is 1.46. The second-order valence-corrected chi connectivity index (χ2v) is 3.73. The molecule has 1 amide bonds. The van der Waals surface area contributed by atoms with Crippen molar-refractivity contribution in [2.24, 2.45) is 5.92 Å². The topological polar surface area (TPSA) is 57.6 Å². The summed E-state index contributed by atoms with van der Waals surface area (Å²) in [5.74, 6) is -1.65. The molecule has 0 aliphatic carbocycles. The van der Waals surface area contributed by atoms with Gasteiger partial charge in [0.1, 0.15) is 0 Å². The highest BCUT2D eigenvalue weighted by molar-refractivity contribution is 5.95. The van der Waals surface area contributed by atoms with Crippen LogP contribution in [-0.4, -0.2) is 24.0 Å². The first-order valence-electron chi connectivity index (χ1n) is 5.06. The van der Waals surface area contributed by atoms with Crippen LogP contribution in [0, 0.1) is 5.92 Å². The number of rotatable bonds is 4. The summed E-state index contributed by atoms with van der Waals surface area (Å²) in [7, 11) is 1.65. The zero-order valence-corrected chi connectivity index (χ0v) is 9.38. The van der Waals surface area contributed by atoms with E-state index in [1.54, 1.807) is 14.0 Å². The number of carbonyl (C=O) groups excluding carboxylic acids is 1. The van der Waals surface area contributed by atoms with Crippen molar-refractivity contribution in [1.29, 1.82) is 0 Å². The molecule has 0 heterocycles. The molecule has 1 aromatic rings. The van der Waals surface area contributed by atoms with Gasteiger partial charge in [0.2, 0.25) is 5.91 Å². The molecule has 1 atom stereocenters. The summed E-state index contributed by atoms with van der Waals surface area (Å²) in [6.07, 6.45) is -0.143. The van der Waals surface area contributed by atoms with E-state index in [-0.39, 0.29) is 12.3 Å². The van der Waals surface area contributed by atoms with E-state index in [4.69, 9.17) is 5.11 Å². The molecular formula is C12H15NO3. The van der Waals surface area contributed by atoms with Crippen LogP contribution in [0.25, 0.3) is 0 Å². The largest absolute Gasteiger partial charge is 0.481 e. The highest BCUT2D eigenvalue weighted by Gasteiger charge is 2.20. The van der Waals surface area contributed by atoms with Crippen LogP contribution in [0.5, 0.6) is 0 Å². The van der Waals surface area contributed by atoms with Crippen molar-refractivity contribution in [3.8, 4) is 0 Å². The lowest BCUT2D eigenvalue weighted by molar-refractivity contribution is -0.140. The Balaban J connectivity index is 2.71. The lowest BCUT2D eigenvalue weighted by Gasteiger charge is -2.20. The first-order chi connectivity index (χ1) is 7.52. The number of amides is 1. The normalized spacial score (nSPS) is 11.9. The minimum absolute atomic E-state index is 0.143. The van der Waals surface area contributed by atoms with Gasteiger partial charge in [-0.1, -0.05) is 25.1 Å². The first kappa shape index (κ1) is 12.2. The van der Waals surface area contributed by atoms with Gasteiger partial charge in [0.25, 0.3) is 0 Å². The molecule has 1 aromatic carbocycles. The maximum absolute atomic E-state index is 11.8. The fraction of sp³-hybridized carbons (Fsp3) is 0.333. The molecule has 0 bridgehead atoms. The van der Waals surface area contributed by atoms with Crippen LogP contribution in [0.2, 0.25) is 0 Å². The van der Waals surface area contributed by atoms with Gasteiger partial charge in [-0.2, -0.15) is 0 Å². The van der Waals surface area contributed by atoms with E-state index in [1.807, 2.05) is 30.3 Å². The Bertz CT molecular complexity index is 375. The van der Waals surface area contributed by atoms with E-state index in [2.05, 4.69) is 0 Å². The van der Waals surface area contributed by atoms with Crippen molar-refractivity contribution in [2.75, 3.05) is 11.9 Å². The lowest BCUT2D eigenvalue weighted by Crippen LogP contribution is -2.32. The van der Waals surface area contributed by atoms with Crippen LogP contribution in [0.4, 0.5) is 5.69 Å². The van der Waals surface area contributed by atoms with Crippen LogP contribution < -0.4 is 4.90 Å². The average molecular weight is 221 g/mol. The SMILES string of the molecule is CC(CC(=O)O)C(=O)N(C)c1ccccc1. The van der Waals surface area contributed by atoms with E-state index >= 15 is 0 Å². The molecule has 0 aromatic heterocycles. The number of carbonyl (C=O) groups is 2. The Morgan fingerprint density at radius 3 is 2.38 bits per heavy atom. The molecule has 0 aliphatic rings. The molecule has 0 saturated carbocycles. The summed E-state index contributed by atoms with van der Waals surface area (Å²) < 4.78 is 0. The lowest BCUT2D eigenvalue weighted by atomic mass is 10.1. The third-order valence-electron chi connectivity index (χ3n) is 2.38. The number of benzene rings is 1. The molecular weight excluding hydrogens is 206 g/mol. The Morgan fingerprint density at radius 2 is 1.88 bits per heavy atom. The average Bonchev–Trinajstić information content (AvgIpc) is 2.27. The maximum atomic E-state index is 11.8. The second-order valence-electron chi connectivity index (χ2n) is 3.73. The van der Waals surface area contributed by atoms with Crippen LogP contribution in [0.15, 0.2) is 30.3 Å². The van der Waals surface area contributed by atoms with Crippen molar-refractivity contribution in [1.82, 2.24) is 0 Å². The second kappa shape index (κ2) is 5.30. The molecule has 16 heavy (non-hydrogen) atoms. The summed E-state index contributed by atoms with van der Waals surface area (Å²) in [6.45, 7) is 1.62. The first-order valence-corrected chi connectivity index (χ1v) is 5.06. The van der Waals surface area contributed by atoms with Crippen LogP contribution in [-0.2, 0) is 9.59 Å². The fourth-order valence-electron chi connectivity index (χ4n) is 1.46. The molecule has 0 radical (unpaired) electrons. The Morgan fingerprint density at radius 1 is 1.31 bits per heavy atom. The predicted octanol–water partition coefficient (Wildman–Crippen LogP) is 1.76. The van der Waals surface area contributed by atoms with Gasteiger partial charge >= 0.3 is 5.97 Å². The molecule has 1 N–H and O–H groups in total. The summed E-state index contributed by atoms with van der Waals surface area (Å²) in [4.78, 5) is 23.8. The molecule has 1 rings (SSSR count). The predicted molar refractivity (Wildman–Crippen MR) is 61.3 cm³/mol. The monoisotopic (exact) mass is 221 g/mol. The van der Waals surface area contributed by atoms with E-state index in [1.165, 1.54) is 4.90 Å². The number of carboxylic acids is 1. The minimum atomic E-state index is -0.956. The Kier molecular flexibility index (Phi) is 4.05. The molecule has 0 fully saturated rings. The molecule has 86 valence electrons. The van der Waals surface area contributed by atoms with Gasteiger partial charge in [-0.25, -0.2) is 0 Å². The van der Waals surface area contributed by atoms with E-state index in [0.717, 1.165) is 5.69 Å². The van der Waals surface area contributed by atoms with Gasteiger partial charge in [-0.05, 0) is 12.1 Å². The number of nitrogens with zero attached hydrogens (tertiary/aromatic N) is 1. The van der Waals surface area contributed by atoms with E-state index in [9.17, 15) is 9.59 Å². The van der Waals surface area contributed by atoms with Crippen LogP contribution in [0.1, 0.15) is 13.3 Å². The number of aliphatic carboxylic acids is 1. The van der Waals surface area contributed by atoms with Crippen molar-refractivity contribution in [3.63, 3.8) is 0 Å². The van der Waals surface area contributed by atoms with E-state index in [0.29, 0.717) is 0 Å². The summed E-state index contributed by atoms with van der Waals surface area (Å²) in [5, 5.41) is 8.61. The summed E-state index contributed by atoms with van der Waals surface area (Å²) >= 11 is 0. The third kappa shape index (κ3) is 3.08. The molecule has 0 aliphatic heterocycles. The molecule has 1 unspecified atom stereocenters. The summed E-state index contributed by atoms with van der Waals surface area (Å²) in [5.41, 5.74) is 0.768. The van der Waals surface area contributed by atoms with Crippen LogP contribution >= 0.6 is 0 Å². The Hall–Kier alpha value is -1.84. The smallest absolute Gasteiger partial charge is 0.304 e. The number of para-hydroxylation sites is 1. The van der Waals surface area contributed by atoms with Crippen molar-refractivity contribution < 1.29 is 14.7 Å². The van der Waals surface area contributed by atoms with Crippen molar-refractivity contribution >= 4 is 17.6 Å². The minimum Gasteiger partial charge on any atom is -0.481 e. The van der Waals surface area contributed by atoms with Gasteiger partial charge in [-0.3, -0.25) is 9.59 Å². The number of hydrogen-bond donors (Lipinski definition) is 1. The third-order valence-corrected chi connectivity index (χ3v) is 2.38. The Labute approximate surface area is 94.5 Å². The standard InChI is InChI=1S/C12H15NO3/c1-9(8-11(14)15)12(16)13(2)10-6-4-3-5-7-10/h3-7,9H,8H2,1-2H3,(H,14,15). The van der Waals surface area contributed by atoms with Crippen molar-refractivity contribution in [2.45, 2.75) is 13.3 Å². The molecule has 4 heteroatoms. The zero-order valence-electron chi connectivity index (χ0n) is 9.38. The van der Waals surface area contributed by atoms with Gasteiger partial charge in [-0.15, -0.1) is 0 Å².